The van der Waals surface area contributed by atoms with Crippen LogP contribution in [0.15, 0.2) is 30.5 Å². The number of pyridine rings is 2. The Balaban J connectivity index is 2.58. The zero-order chi connectivity index (χ0) is 12.4. The number of carbonyl (C=O) groups is 1. The standard InChI is InChI=1S/C12H10FN3O/c1-7-2-4-9(11(16-7)12(14)17)10-5-3-8(13)6-15-10/h2-6H,1H3,(H2,14,17). The number of nitrogens with two attached hydrogens (primary N) is 1. The molecular formula is C12H10FN3O. The number of hydrogen-bond acceptors (Lipinski definition) is 3. The van der Waals surface area contributed by atoms with Gasteiger partial charge in [0.1, 0.15) is 11.5 Å². The van der Waals surface area contributed by atoms with E-state index in [-0.39, 0.29) is 5.69 Å². The summed E-state index contributed by atoms with van der Waals surface area (Å²) in [6.45, 7) is 1.76. The average molecular weight is 231 g/mol. The van der Waals surface area contributed by atoms with Crippen LogP contribution in [0.3, 0.4) is 0 Å². The molecule has 0 aromatic carbocycles. The Labute approximate surface area is 97.3 Å². The molecule has 2 aromatic rings. The Kier molecular flexibility index (Phi) is 2.82. The van der Waals surface area contributed by atoms with E-state index >= 15 is 0 Å². The van der Waals surface area contributed by atoms with Gasteiger partial charge in [-0.05, 0) is 31.2 Å². The molecule has 0 radical (unpaired) electrons. The second kappa shape index (κ2) is 4.29. The fourth-order valence-electron chi connectivity index (χ4n) is 1.49. The maximum atomic E-state index is 12.8. The molecule has 1 amide bonds. The van der Waals surface area contributed by atoms with Crippen molar-refractivity contribution < 1.29 is 9.18 Å². The van der Waals surface area contributed by atoms with E-state index in [0.717, 1.165) is 6.20 Å². The normalized spacial score (nSPS) is 10.2. The summed E-state index contributed by atoms with van der Waals surface area (Å²) in [5.41, 5.74) is 7.04. The highest BCUT2D eigenvalue weighted by molar-refractivity contribution is 5.97. The van der Waals surface area contributed by atoms with Gasteiger partial charge in [0.05, 0.1) is 11.9 Å². The summed E-state index contributed by atoms with van der Waals surface area (Å²) in [5, 5.41) is 0. The van der Waals surface area contributed by atoms with Gasteiger partial charge in [-0.2, -0.15) is 0 Å². The fourth-order valence-corrected chi connectivity index (χ4v) is 1.49. The molecule has 0 atom stereocenters. The SMILES string of the molecule is Cc1ccc(-c2ccc(F)cn2)c(C(N)=O)n1. The lowest BCUT2D eigenvalue weighted by Crippen LogP contribution is -2.15. The van der Waals surface area contributed by atoms with Crippen molar-refractivity contribution in [2.75, 3.05) is 0 Å². The Hall–Kier alpha value is -2.30. The lowest BCUT2D eigenvalue weighted by Gasteiger charge is -2.06. The molecule has 2 aromatic heterocycles. The molecule has 4 nitrogen and oxygen atoms in total. The molecule has 0 bridgehead atoms. The highest BCUT2D eigenvalue weighted by Crippen LogP contribution is 2.20. The van der Waals surface area contributed by atoms with Crippen molar-refractivity contribution in [3.05, 3.63) is 47.7 Å². The molecule has 0 aliphatic heterocycles. The quantitative estimate of drug-likeness (QED) is 0.855. The largest absolute Gasteiger partial charge is 0.364 e. The first-order valence-corrected chi connectivity index (χ1v) is 4.97. The number of aromatic nitrogens is 2. The van der Waals surface area contributed by atoms with Crippen LogP contribution >= 0.6 is 0 Å². The highest BCUT2D eigenvalue weighted by Gasteiger charge is 2.12. The number of carbonyl (C=O) groups excluding carboxylic acids is 1. The summed E-state index contributed by atoms with van der Waals surface area (Å²) < 4.78 is 12.8. The monoisotopic (exact) mass is 231 g/mol. The Morgan fingerprint density at radius 1 is 1.29 bits per heavy atom. The van der Waals surface area contributed by atoms with E-state index in [0.29, 0.717) is 17.0 Å². The van der Waals surface area contributed by atoms with Crippen molar-refractivity contribution in [3.63, 3.8) is 0 Å². The topological polar surface area (TPSA) is 68.9 Å². The van der Waals surface area contributed by atoms with Crippen LogP contribution in [0.2, 0.25) is 0 Å². The first kappa shape index (κ1) is 11.2. The summed E-state index contributed by atoms with van der Waals surface area (Å²) in [5.74, 6) is -1.07. The molecule has 0 unspecified atom stereocenters. The minimum atomic E-state index is -0.630. The summed E-state index contributed by atoms with van der Waals surface area (Å²) >= 11 is 0. The van der Waals surface area contributed by atoms with Gasteiger partial charge < -0.3 is 5.73 Å². The number of halogens is 1. The van der Waals surface area contributed by atoms with Crippen molar-refractivity contribution in [2.24, 2.45) is 5.73 Å². The van der Waals surface area contributed by atoms with Gasteiger partial charge in [-0.25, -0.2) is 9.37 Å². The van der Waals surface area contributed by atoms with Crippen LogP contribution in [-0.2, 0) is 0 Å². The molecule has 0 saturated carbocycles. The van der Waals surface area contributed by atoms with Crippen molar-refractivity contribution in [1.29, 1.82) is 0 Å². The second-order valence-electron chi connectivity index (χ2n) is 3.57. The number of aryl methyl sites for hydroxylation is 1. The van der Waals surface area contributed by atoms with Crippen molar-refractivity contribution >= 4 is 5.91 Å². The molecule has 86 valence electrons. The summed E-state index contributed by atoms with van der Waals surface area (Å²) in [7, 11) is 0. The minimum Gasteiger partial charge on any atom is -0.364 e. The predicted octanol–water partition coefficient (Wildman–Crippen LogP) is 1.69. The second-order valence-corrected chi connectivity index (χ2v) is 3.57. The van der Waals surface area contributed by atoms with Gasteiger partial charge in [-0.1, -0.05) is 0 Å². The third kappa shape index (κ3) is 2.28. The number of rotatable bonds is 2. The molecule has 2 N–H and O–H groups in total. The first-order chi connectivity index (χ1) is 8.08. The summed E-state index contributed by atoms with van der Waals surface area (Å²) in [6, 6.07) is 6.19. The molecule has 0 saturated heterocycles. The predicted molar refractivity (Wildman–Crippen MR) is 60.7 cm³/mol. The van der Waals surface area contributed by atoms with Crippen LogP contribution in [0.1, 0.15) is 16.2 Å². The van der Waals surface area contributed by atoms with Crippen LogP contribution in [0, 0.1) is 12.7 Å². The van der Waals surface area contributed by atoms with Gasteiger partial charge in [-0.3, -0.25) is 9.78 Å². The maximum absolute atomic E-state index is 12.8. The van der Waals surface area contributed by atoms with Crippen LogP contribution in [0.5, 0.6) is 0 Å². The Morgan fingerprint density at radius 3 is 2.65 bits per heavy atom. The third-order valence-electron chi connectivity index (χ3n) is 2.27. The van der Waals surface area contributed by atoms with E-state index in [4.69, 9.17) is 5.73 Å². The molecule has 0 aliphatic rings. The van der Waals surface area contributed by atoms with E-state index in [2.05, 4.69) is 9.97 Å². The molecule has 0 fully saturated rings. The van der Waals surface area contributed by atoms with Gasteiger partial charge in [-0.15, -0.1) is 0 Å². The lowest BCUT2D eigenvalue weighted by molar-refractivity contribution is 0.0996. The molecular weight excluding hydrogens is 221 g/mol. The maximum Gasteiger partial charge on any atom is 0.268 e. The third-order valence-corrected chi connectivity index (χ3v) is 2.27. The van der Waals surface area contributed by atoms with Crippen LogP contribution in [0.4, 0.5) is 4.39 Å². The highest BCUT2D eigenvalue weighted by atomic mass is 19.1. The molecule has 0 spiro atoms. The van der Waals surface area contributed by atoms with E-state index in [1.54, 1.807) is 19.1 Å². The first-order valence-electron chi connectivity index (χ1n) is 4.97. The summed E-state index contributed by atoms with van der Waals surface area (Å²) in [6.07, 6.45) is 1.08. The van der Waals surface area contributed by atoms with E-state index < -0.39 is 11.7 Å². The van der Waals surface area contributed by atoms with Crippen LogP contribution < -0.4 is 5.73 Å². The number of hydrogen-bond donors (Lipinski definition) is 1. The molecule has 2 rings (SSSR count). The number of primary amides is 1. The van der Waals surface area contributed by atoms with Gasteiger partial charge in [0.25, 0.3) is 5.91 Å². The minimum absolute atomic E-state index is 0.143. The van der Waals surface area contributed by atoms with Crippen molar-refractivity contribution in [3.8, 4) is 11.3 Å². The average Bonchev–Trinajstić information content (AvgIpc) is 2.30. The molecule has 5 heteroatoms. The van der Waals surface area contributed by atoms with E-state index in [1.165, 1.54) is 12.1 Å². The zero-order valence-corrected chi connectivity index (χ0v) is 9.14. The summed E-state index contributed by atoms with van der Waals surface area (Å²) in [4.78, 5) is 19.2. The van der Waals surface area contributed by atoms with E-state index in [1.807, 2.05) is 0 Å². The lowest BCUT2D eigenvalue weighted by atomic mass is 10.1. The number of nitrogens with zero attached hydrogens (tertiary/aromatic N) is 2. The smallest absolute Gasteiger partial charge is 0.268 e. The van der Waals surface area contributed by atoms with Crippen molar-refractivity contribution in [2.45, 2.75) is 6.92 Å². The fraction of sp³-hybridized carbons (Fsp3) is 0.0833. The number of amides is 1. The van der Waals surface area contributed by atoms with Gasteiger partial charge >= 0.3 is 0 Å². The van der Waals surface area contributed by atoms with Gasteiger partial charge in [0.15, 0.2) is 0 Å². The molecule has 0 aliphatic carbocycles. The van der Waals surface area contributed by atoms with E-state index in [9.17, 15) is 9.18 Å². The van der Waals surface area contributed by atoms with Crippen LogP contribution in [-0.4, -0.2) is 15.9 Å². The van der Waals surface area contributed by atoms with Gasteiger partial charge in [0.2, 0.25) is 0 Å². The van der Waals surface area contributed by atoms with Crippen molar-refractivity contribution in [1.82, 2.24) is 9.97 Å². The van der Waals surface area contributed by atoms with Gasteiger partial charge in [0, 0.05) is 11.3 Å². The Bertz CT molecular complexity index is 566. The molecule has 17 heavy (non-hydrogen) atoms. The van der Waals surface area contributed by atoms with Crippen LogP contribution in [0.25, 0.3) is 11.3 Å². The zero-order valence-electron chi connectivity index (χ0n) is 9.14. The Morgan fingerprint density at radius 2 is 2.06 bits per heavy atom. The molecule has 2 heterocycles.